The standard InChI is InChI=1S/C24H31N3O3/c1-3-27(20-7-4-6-18(2)16-20)14-13-25-23(28)8-5-15-30-21-10-11-22-19(17-21)9-12-24(29)26-22/h4,6-7,10-11,16-17H,3,5,8-9,12-15H2,1-2H3,(H,25,28)(H,26,29). The lowest BCUT2D eigenvalue weighted by Crippen LogP contribution is -2.35. The number of fused-ring (bicyclic) bond motifs is 1. The molecular formula is C24H31N3O3. The summed E-state index contributed by atoms with van der Waals surface area (Å²) in [5, 5.41) is 5.86. The maximum absolute atomic E-state index is 12.1. The molecule has 0 aliphatic carbocycles. The first-order valence-electron chi connectivity index (χ1n) is 10.7. The van der Waals surface area contributed by atoms with E-state index in [0.29, 0.717) is 32.4 Å². The van der Waals surface area contributed by atoms with Crippen LogP contribution in [0.3, 0.4) is 0 Å². The first kappa shape index (κ1) is 21.7. The summed E-state index contributed by atoms with van der Waals surface area (Å²) >= 11 is 0. The van der Waals surface area contributed by atoms with Crippen LogP contribution in [-0.2, 0) is 16.0 Å². The lowest BCUT2D eigenvalue weighted by molar-refractivity contribution is -0.121. The van der Waals surface area contributed by atoms with E-state index < -0.39 is 0 Å². The monoisotopic (exact) mass is 409 g/mol. The number of rotatable bonds is 10. The molecule has 0 spiro atoms. The average Bonchev–Trinajstić information content (AvgIpc) is 2.74. The molecule has 6 heteroatoms. The number of carbonyl (C=O) groups excluding carboxylic acids is 2. The normalized spacial score (nSPS) is 12.7. The van der Waals surface area contributed by atoms with Gasteiger partial charge in [-0.3, -0.25) is 9.59 Å². The summed E-state index contributed by atoms with van der Waals surface area (Å²) in [5.74, 6) is 0.886. The molecule has 2 aromatic rings. The Morgan fingerprint density at radius 3 is 2.87 bits per heavy atom. The van der Waals surface area contributed by atoms with E-state index in [2.05, 4.69) is 53.6 Å². The van der Waals surface area contributed by atoms with Crippen LogP contribution < -0.4 is 20.3 Å². The van der Waals surface area contributed by atoms with Crippen molar-refractivity contribution in [1.29, 1.82) is 0 Å². The SMILES string of the molecule is CCN(CCNC(=O)CCCOc1ccc2c(c1)CCC(=O)N2)c1cccc(C)c1. The van der Waals surface area contributed by atoms with Crippen LogP contribution in [0, 0.1) is 6.92 Å². The molecule has 0 saturated heterocycles. The number of benzene rings is 2. The second kappa shape index (κ2) is 10.7. The van der Waals surface area contributed by atoms with Gasteiger partial charge in [-0.1, -0.05) is 12.1 Å². The Balaban J connectivity index is 1.34. The zero-order valence-electron chi connectivity index (χ0n) is 17.9. The highest BCUT2D eigenvalue weighted by atomic mass is 16.5. The van der Waals surface area contributed by atoms with Crippen LogP contribution in [0.2, 0.25) is 0 Å². The highest BCUT2D eigenvalue weighted by Crippen LogP contribution is 2.26. The van der Waals surface area contributed by atoms with Gasteiger partial charge in [0.05, 0.1) is 6.61 Å². The molecule has 1 aliphatic rings. The minimum atomic E-state index is 0.0482. The largest absolute Gasteiger partial charge is 0.494 e. The Morgan fingerprint density at radius 2 is 2.07 bits per heavy atom. The molecule has 2 amide bonds. The molecule has 0 saturated carbocycles. The number of hydrogen-bond donors (Lipinski definition) is 2. The zero-order chi connectivity index (χ0) is 21.3. The van der Waals surface area contributed by atoms with Crippen molar-refractivity contribution in [2.75, 3.05) is 36.5 Å². The summed E-state index contributed by atoms with van der Waals surface area (Å²) in [6.07, 6.45) is 2.35. The Morgan fingerprint density at radius 1 is 1.20 bits per heavy atom. The van der Waals surface area contributed by atoms with Gasteiger partial charge in [-0.2, -0.15) is 0 Å². The maximum atomic E-state index is 12.1. The van der Waals surface area contributed by atoms with Gasteiger partial charge in [0.15, 0.2) is 0 Å². The van der Waals surface area contributed by atoms with Crippen molar-refractivity contribution in [2.45, 2.75) is 39.5 Å². The second-order valence-electron chi connectivity index (χ2n) is 7.59. The Labute approximate surface area is 178 Å². The molecular weight excluding hydrogens is 378 g/mol. The third-order valence-electron chi connectivity index (χ3n) is 5.24. The van der Waals surface area contributed by atoms with Gasteiger partial charge in [0.25, 0.3) is 0 Å². The summed E-state index contributed by atoms with van der Waals surface area (Å²) in [4.78, 5) is 25.8. The van der Waals surface area contributed by atoms with Gasteiger partial charge in [-0.15, -0.1) is 0 Å². The van der Waals surface area contributed by atoms with E-state index in [1.54, 1.807) is 0 Å². The molecule has 0 unspecified atom stereocenters. The quantitative estimate of drug-likeness (QED) is 0.587. The van der Waals surface area contributed by atoms with Crippen molar-refractivity contribution >= 4 is 23.2 Å². The van der Waals surface area contributed by atoms with Gasteiger partial charge in [-0.05, 0) is 68.1 Å². The van der Waals surface area contributed by atoms with Crippen molar-refractivity contribution in [2.24, 2.45) is 0 Å². The van der Waals surface area contributed by atoms with Crippen LogP contribution in [0.4, 0.5) is 11.4 Å². The van der Waals surface area contributed by atoms with Crippen LogP contribution >= 0.6 is 0 Å². The van der Waals surface area contributed by atoms with E-state index in [1.807, 2.05) is 18.2 Å². The molecule has 2 aromatic carbocycles. The van der Waals surface area contributed by atoms with Crippen LogP contribution in [0.1, 0.15) is 37.3 Å². The fourth-order valence-corrected chi connectivity index (χ4v) is 3.59. The molecule has 3 rings (SSSR count). The lowest BCUT2D eigenvalue weighted by Gasteiger charge is -2.23. The number of anilines is 2. The fourth-order valence-electron chi connectivity index (χ4n) is 3.59. The number of hydrogen-bond acceptors (Lipinski definition) is 4. The van der Waals surface area contributed by atoms with Gasteiger partial charge >= 0.3 is 0 Å². The highest BCUT2D eigenvalue weighted by molar-refractivity contribution is 5.94. The number of carbonyl (C=O) groups is 2. The number of likely N-dealkylation sites (N-methyl/N-ethyl adjacent to an activating group) is 1. The number of nitrogens with one attached hydrogen (secondary N) is 2. The molecule has 160 valence electrons. The topological polar surface area (TPSA) is 70.7 Å². The van der Waals surface area contributed by atoms with E-state index in [4.69, 9.17) is 4.74 Å². The molecule has 0 bridgehead atoms. The predicted molar refractivity (Wildman–Crippen MR) is 120 cm³/mol. The van der Waals surface area contributed by atoms with Gasteiger partial charge < -0.3 is 20.3 Å². The summed E-state index contributed by atoms with van der Waals surface area (Å²) in [6, 6.07) is 14.1. The highest BCUT2D eigenvalue weighted by Gasteiger charge is 2.15. The van der Waals surface area contributed by atoms with Crippen molar-refractivity contribution in [3.8, 4) is 5.75 Å². The molecule has 0 radical (unpaired) electrons. The molecule has 30 heavy (non-hydrogen) atoms. The van der Waals surface area contributed by atoms with Gasteiger partial charge in [0, 0.05) is 43.9 Å². The Hall–Kier alpha value is -3.02. The first-order valence-corrected chi connectivity index (χ1v) is 10.7. The average molecular weight is 410 g/mol. The minimum Gasteiger partial charge on any atom is -0.494 e. The van der Waals surface area contributed by atoms with Gasteiger partial charge in [0.2, 0.25) is 11.8 Å². The van der Waals surface area contributed by atoms with Crippen LogP contribution in [0.15, 0.2) is 42.5 Å². The third-order valence-corrected chi connectivity index (χ3v) is 5.24. The first-order chi connectivity index (χ1) is 14.5. The summed E-state index contributed by atoms with van der Waals surface area (Å²) in [5.41, 5.74) is 4.38. The number of aryl methyl sites for hydroxylation is 2. The third kappa shape index (κ3) is 6.24. The van der Waals surface area contributed by atoms with Gasteiger partial charge in [-0.25, -0.2) is 0 Å². The van der Waals surface area contributed by atoms with Crippen molar-refractivity contribution < 1.29 is 14.3 Å². The van der Waals surface area contributed by atoms with Crippen molar-refractivity contribution in [3.05, 3.63) is 53.6 Å². The summed E-state index contributed by atoms with van der Waals surface area (Å²) in [6.45, 7) is 7.01. The molecule has 0 aromatic heterocycles. The van der Waals surface area contributed by atoms with Crippen molar-refractivity contribution in [1.82, 2.24) is 5.32 Å². The van der Waals surface area contributed by atoms with Crippen LogP contribution in [0.5, 0.6) is 5.75 Å². The number of amides is 2. The second-order valence-corrected chi connectivity index (χ2v) is 7.59. The summed E-state index contributed by atoms with van der Waals surface area (Å²) < 4.78 is 5.78. The zero-order valence-corrected chi connectivity index (χ0v) is 17.9. The van der Waals surface area contributed by atoms with Gasteiger partial charge in [0.1, 0.15) is 5.75 Å². The van der Waals surface area contributed by atoms with E-state index in [0.717, 1.165) is 36.5 Å². The molecule has 1 aliphatic heterocycles. The van der Waals surface area contributed by atoms with E-state index in [9.17, 15) is 9.59 Å². The number of ether oxygens (including phenoxy) is 1. The van der Waals surface area contributed by atoms with E-state index in [1.165, 1.54) is 11.3 Å². The summed E-state index contributed by atoms with van der Waals surface area (Å²) in [7, 11) is 0. The predicted octanol–water partition coefficient (Wildman–Crippen LogP) is 3.68. The molecule has 2 N–H and O–H groups in total. The molecule has 0 atom stereocenters. The van der Waals surface area contributed by atoms with E-state index >= 15 is 0 Å². The molecule has 0 fully saturated rings. The van der Waals surface area contributed by atoms with Crippen LogP contribution in [-0.4, -0.2) is 38.1 Å². The molecule has 6 nitrogen and oxygen atoms in total. The Bertz CT molecular complexity index is 882. The van der Waals surface area contributed by atoms with E-state index in [-0.39, 0.29) is 11.8 Å². The van der Waals surface area contributed by atoms with Crippen molar-refractivity contribution in [3.63, 3.8) is 0 Å². The minimum absolute atomic E-state index is 0.0482. The maximum Gasteiger partial charge on any atom is 0.224 e. The number of nitrogens with zero attached hydrogens (tertiary/aromatic N) is 1. The molecule has 1 heterocycles. The Kier molecular flexibility index (Phi) is 7.71. The lowest BCUT2D eigenvalue weighted by atomic mass is 10.0. The van der Waals surface area contributed by atoms with Crippen LogP contribution in [0.25, 0.3) is 0 Å². The smallest absolute Gasteiger partial charge is 0.224 e. The fraction of sp³-hybridized carbons (Fsp3) is 0.417.